The van der Waals surface area contributed by atoms with Crippen molar-refractivity contribution in [1.82, 2.24) is 24.1 Å². The third kappa shape index (κ3) is 10.6. The Labute approximate surface area is 566 Å². The molecule has 0 aliphatic rings. The Hall–Kier alpha value is -13.8. The third-order valence-electron chi connectivity index (χ3n) is 18.6. The molecule has 0 saturated heterocycles. The predicted molar refractivity (Wildman–Crippen MR) is 400 cm³/mol. The Balaban J connectivity index is 0.911. The summed E-state index contributed by atoms with van der Waals surface area (Å²) in [5.41, 5.74) is 24.1. The SMILES string of the molecule is [C-]#[N+]c1cccc(-c2ccc(-c3nc(-c4ccc(-c5cccc(C#N)c5)c(-n5c6ccc(-c7ccccc7)cc6c6cc(-c7ccccc7)ccc65)c4)nc(-c4ccc(-c5cccc([N+]#[C-])c5)c(-n5c6ccc(-c7ccccc7)cc6c6cc(-c7ccccc7)ccc65)c4)n3)cc2)c1. The number of benzene rings is 14. The number of hydrogen-bond acceptors (Lipinski definition) is 4. The number of aromatic nitrogens is 5. The average molecular weight is 1250 g/mol. The lowest BCUT2D eigenvalue weighted by Crippen LogP contribution is -2.03. The molecule has 17 rings (SSSR count). The standard InChI is InChI=1S/C90H54N8/c1-92-74-30-16-27-65(49-74)63-32-34-64(35-33-63)88-94-89(72-36-42-76(70-28-15-18-58(48-70)57-91)86(55-72)97-82-44-38-66(59-19-7-3-8-20-59)51-78(82)79-52-67(39-45-83(79)97)60-21-9-4-10-22-60)96-90(95-88)73-37-43-77(71-29-17-31-75(50-71)93-2)87(56-73)98-84-46-40-68(61-23-11-5-12-24-61)53-80(84)81-54-69(41-47-85(81)98)62-25-13-6-14-26-62/h3-56H. The highest BCUT2D eigenvalue weighted by Gasteiger charge is 2.24. The Morgan fingerprint density at radius 1 is 0.255 bits per heavy atom. The van der Waals surface area contributed by atoms with Crippen LogP contribution in [0, 0.1) is 24.5 Å². The molecule has 0 bridgehead atoms. The van der Waals surface area contributed by atoms with Crippen LogP contribution in [0.1, 0.15) is 5.56 Å². The van der Waals surface area contributed by atoms with Crippen LogP contribution in [-0.4, -0.2) is 24.1 Å². The maximum absolute atomic E-state index is 10.4. The molecule has 17 aromatic rings. The third-order valence-corrected chi connectivity index (χ3v) is 18.6. The summed E-state index contributed by atoms with van der Waals surface area (Å²) in [6, 6.07) is 116. The molecular weight excluding hydrogens is 1190 g/mol. The first-order valence-electron chi connectivity index (χ1n) is 32.4. The molecule has 0 amide bonds. The average Bonchev–Trinajstić information content (AvgIpc) is 1.57. The van der Waals surface area contributed by atoms with Gasteiger partial charge in [-0.15, -0.1) is 0 Å². The van der Waals surface area contributed by atoms with E-state index in [-0.39, 0.29) is 0 Å². The number of nitriles is 1. The van der Waals surface area contributed by atoms with E-state index >= 15 is 0 Å². The van der Waals surface area contributed by atoms with Gasteiger partial charge in [-0.25, -0.2) is 24.6 Å². The van der Waals surface area contributed by atoms with Crippen LogP contribution >= 0.6 is 0 Å². The minimum absolute atomic E-state index is 0.449. The molecule has 0 saturated carbocycles. The fraction of sp³-hybridized carbons (Fsp3) is 0. The maximum Gasteiger partial charge on any atom is 0.187 e. The monoisotopic (exact) mass is 1250 g/mol. The van der Waals surface area contributed by atoms with E-state index in [9.17, 15) is 5.26 Å². The van der Waals surface area contributed by atoms with Crippen LogP contribution < -0.4 is 0 Å². The summed E-state index contributed by atoms with van der Waals surface area (Å²) >= 11 is 0. The van der Waals surface area contributed by atoms with Crippen molar-refractivity contribution >= 4 is 55.0 Å². The van der Waals surface area contributed by atoms with Crippen LogP contribution in [0.5, 0.6) is 0 Å². The molecule has 3 heterocycles. The lowest BCUT2D eigenvalue weighted by molar-refractivity contribution is 1.07. The van der Waals surface area contributed by atoms with Crippen molar-refractivity contribution in [3.05, 3.63) is 356 Å². The smallest absolute Gasteiger partial charge is 0.187 e. The van der Waals surface area contributed by atoms with Gasteiger partial charge >= 0.3 is 0 Å². The van der Waals surface area contributed by atoms with E-state index in [4.69, 9.17) is 28.1 Å². The van der Waals surface area contributed by atoms with Gasteiger partial charge in [0.1, 0.15) is 0 Å². The number of fused-ring (bicyclic) bond motifs is 6. The van der Waals surface area contributed by atoms with Gasteiger partial charge in [-0.05, 0) is 152 Å². The van der Waals surface area contributed by atoms with Crippen LogP contribution in [0.4, 0.5) is 11.4 Å². The van der Waals surface area contributed by atoms with Gasteiger partial charge in [-0.1, -0.05) is 243 Å². The highest BCUT2D eigenvalue weighted by Crippen LogP contribution is 2.45. The van der Waals surface area contributed by atoms with Crippen molar-refractivity contribution in [3.8, 4) is 129 Å². The van der Waals surface area contributed by atoms with Crippen molar-refractivity contribution in [2.24, 2.45) is 0 Å². The topological polar surface area (TPSA) is 81.0 Å². The molecule has 3 aromatic heterocycles. The van der Waals surface area contributed by atoms with Crippen molar-refractivity contribution in [2.45, 2.75) is 0 Å². The van der Waals surface area contributed by atoms with Gasteiger partial charge in [0.2, 0.25) is 0 Å². The zero-order chi connectivity index (χ0) is 65.6. The molecule has 0 N–H and O–H groups in total. The molecule has 98 heavy (non-hydrogen) atoms. The van der Waals surface area contributed by atoms with Crippen LogP contribution in [0.15, 0.2) is 328 Å². The van der Waals surface area contributed by atoms with Gasteiger partial charge in [0.15, 0.2) is 28.8 Å². The summed E-state index contributed by atoms with van der Waals surface area (Å²) in [5, 5.41) is 14.7. The van der Waals surface area contributed by atoms with Gasteiger partial charge in [0.05, 0.1) is 58.2 Å². The molecule has 8 heteroatoms. The number of hydrogen-bond donors (Lipinski definition) is 0. The molecule has 0 aliphatic heterocycles. The van der Waals surface area contributed by atoms with Gasteiger partial charge in [0.25, 0.3) is 0 Å². The summed E-state index contributed by atoms with van der Waals surface area (Å²) in [6.45, 7) is 15.9. The second-order valence-electron chi connectivity index (χ2n) is 24.4. The quantitative estimate of drug-likeness (QED) is 0.114. The molecule has 0 radical (unpaired) electrons. The molecule has 0 fully saturated rings. The zero-order valence-corrected chi connectivity index (χ0v) is 52.8. The van der Waals surface area contributed by atoms with E-state index in [1.165, 1.54) is 0 Å². The summed E-state index contributed by atoms with van der Waals surface area (Å²) < 4.78 is 4.70. The van der Waals surface area contributed by atoms with E-state index in [0.29, 0.717) is 34.4 Å². The second-order valence-corrected chi connectivity index (χ2v) is 24.4. The summed E-state index contributed by atoms with van der Waals surface area (Å²) in [6.07, 6.45) is 0. The molecule has 0 aliphatic carbocycles. The fourth-order valence-corrected chi connectivity index (χ4v) is 13.8. The molecule has 0 atom stereocenters. The molecule has 8 nitrogen and oxygen atoms in total. The van der Waals surface area contributed by atoms with Gasteiger partial charge in [-0.3, -0.25) is 0 Å². The second kappa shape index (κ2) is 24.6. The van der Waals surface area contributed by atoms with Crippen molar-refractivity contribution in [3.63, 3.8) is 0 Å². The van der Waals surface area contributed by atoms with E-state index in [2.05, 4.69) is 255 Å². The van der Waals surface area contributed by atoms with Gasteiger partial charge < -0.3 is 9.13 Å². The molecule has 0 spiro atoms. The van der Waals surface area contributed by atoms with Crippen LogP contribution in [0.3, 0.4) is 0 Å². The number of rotatable bonds is 12. The minimum atomic E-state index is 0.449. The van der Waals surface area contributed by atoms with E-state index in [1.54, 1.807) is 0 Å². The van der Waals surface area contributed by atoms with Crippen molar-refractivity contribution in [1.29, 1.82) is 5.26 Å². The normalized spacial score (nSPS) is 11.2. The van der Waals surface area contributed by atoms with Gasteiger partial charge in [-0.2, -0.15) is 5.26 Å². The Bertz CT molecular complexity index is 5610. The summed E-state index contributed by atoms with van der Waals surface area (Å²) in [4.78, 5) is 24.1. The Kier molecular flexibility index (Phi) is 14.5. The molecule has 454 valence electrons. The zero-order valence-electron chi connectivity index (χ0n) is 52.8. The van der Waals surface area contributed by atoms with Crippen molar-refractivity contribution < 1.29 is 0 Å². The summed E-state index contributed by atoms with van der Waals surface area (Å²) in [5.74, 6) is 1.36. The predicted octanol–water partition coefficient (Wildman–Crippen LogP) is 23.7. The highest BCUT2D eigenvalue weighted by molar-refractivity contribution is 6.14. The van der Waals surface area contributed by atoms with Crippen LogP contribution in [0.25, 0.3) is 177 Å². The summed E-state index contributed by atoms with van der Waals surface area (Å²) in [7, 11) is 0. The molecular formula is C90H54N8. The minimum Gasteiger partial charge on any atom is -0.309 e. The first-order chi connectivity index (χ1) is 48.4. The van der Waals surface area contributed by atoms with E-state index in [0.717, 1.165) is 150 Å². The lowest BCUT2D eigenvalue weighted by atomic mass is 9.98. The lowest BCUT2D eigenvalue weighted by Gasteiger charge is -2.18. The number of nitrogens with zero attached hydrogens (tertiary/aromatic N) is 8. The fourth-order valence-electron chi connectivity index (χ4n) is 13.8. The molecule has 0 unspecified atom stereocenters. The van der Waals surface area contributed by atoms with Crippen molar-refractivity contribution in [2.75, 3.05) is 0 Å². The van der Waals surface area contributed by atoms with Crippen LogP contribution in [0.2, 0.25) is 0 Å². The highest BCUT2D eigenvalue weighted by atomic mass is 15.0. The van der Waals surface area contributed by atoms with E-state index < -0.39 is 0 Å². The van der Waals surface area contributed by atoms with Gasteiger partial charge in [0, 0.05) is 49.4 Å². The first kappa shape index (κ1) is 58.0. The Morgan fingerprint density at radius 2 is 0.551 bits per heavy atom. The van der Waals surface area contributed by atoms with Crippen LogP contribution in [-0.2, 0) is 0 Å². The Morgan fingerprint density at radius 3 is 0.939 bits per heavy atom. The first-order valence-corrected chi connectivity index (χ1v) is 32.4. The maximum atomic E-state index is 10.4. The molecule has 14 aromatic carbocycles. The van der Waals surface area contributed by atoms with E-state index in [1.807, 2.05) is 97.1 Å². The largest absolute Gasteiger partial charge is 0.309 e.